The lowest BCUT2D eigenvalue weighted by molar-refractivity contribution is 0.0214. The predicted octanol–water partition coefficient (Wildman–Crippen LogP) is 3.54. The molecule has 1 fully saturated rings. The summed E-state index contributed by atoms with van der Waals surface area (Å²) in [7, 11) is 2.25. The zero-order valence-corrected chi connectivity index (χ0v) is 10.6. The molecule has 1 saturated carbocycles. The molecule has 1 rings (SSSR count). The standard InChI is InChI=1S/C13H27N/c1-6-13(7-2)8-12(9-13)10-14(5)11(3)4/h11-12H,6-10H2,1-5H3. The van der Waals surface area contributed by atoms with Crippen LogP contribution < -0.4 is 0 Å². The van der Waals surface area contributed by atoms with E-state index in [9.17, 15) is 0 Å². The first-order valence-electron chi connectivity index (χ1n) is 6.23. The first-order chi connectivity index (χ1) is 6.53. The minimum atomic E-state index is 0.702. The maximum atomic E-state index is 2.49. The Morgan fingerprint density at radius 2 is 1.71 bits per heavy atom. The Hall–Kier alpha value is -0.0400. The largest absolute Gasteiger partial charge is 0.304 e. The highest BCUT2D eigenvalue weighted by molar-refractivity contribution is 4.92. The molecule has 0 atom stereocenters. The molecule has 0 amide bonds. The summed E-state index contributed by atoms with van der Waals surface area (Å²) in [6.07, 6.45) is 5.70. The number of hydrogen-bond acceptors (Lipinski definition) is 1. The molecule has 0 radical (unpaired) electrons. The van der Waals surface area contributed by atoms with E-state index in [4.69, 9.17) is 0 Å². The van der Waals surface area contributed by atoms with Crippen molar-refractivity contribution in [3.8, 4) is 0 Å². The lowest BCUT2D eigenvalue weighted by atomic mass is 9.59. The van der Waals surface area contributed by atoms with Gasteiger partial charge in [-0.3, -0.25) is 0 Å². The molecule has 1 heteroatoms. The van der Waals surface area contributed by atoms with Crippen molar-refractivity contribution in [3.05, 3.63) is 0 Å². The van der Waals surface area contributed by atoms with Gasteiger partial charge in [0.05, 0.1) is 0 Å². The summed E-state index contributed by atoms with van der Waals surface area (Å²) in [5.74, 6) is 0.974. The van der Waals surface area contributed by atoms with Crippen molar-refractivity contribution < 1.29 is 0 Å². The van der Waals surface area contributed by atoms with Crippen LogP contribution in [0.3, 0.4) is 0 Å². The van der Waals surface area contributed by atoms with Crippen LogP contribution in [0.1, 0.15) is 53.4 Å². The molecule has 0 aromatic heterocycles. The summed E-state index contributed by atoms with van der Waals surface area (Å²) in [6.45, 7) is 10.6. The average molecular weight is 197 g/mol. The molecule has 84 valence electrons. The van der Waals surface area contributed by atoms with E-state index in [2.05, 4.69) is 39.6 Å². The monoisotopic (exact) mass is 197 g/mol. The first-order valence-corrected chi connectivity index (χ1v) is 6.23. The highest BCUT2D eigenvalue weighted by Gasteiger charge is 2.41. The van der Waals surface area contributed by atoms with Gasteiger partial charge in [-0.2, -0.15) is 0 Å². The average Bonchev–Trinajstić information content (AvgIpc) is 2.10. The van der Waals surface area contributed by atoms with Gasteiger partial charge in [0.25, 0.3) is 0 Å². The molecule has 1 aliphatic carbocycles. The van der Waals surface area contributed by atoms with Gasteiger partial charge >= 0.3 is 0 Å². The molecule has 0 saturated heterocycles. The molecular weight excluding hydrogens is 170 g/mol. The van der Waals surface area contributed by atoms with E-state index in [1.807, 2.05) is 0 Å². The van der Waals surface area contributed by atoms with E-state index in [-0.39, 0.29) is 0 Å². The molecule has 0 bridgehead atoms. The molecule has 0 aliphatic heterocycles. The molecule has 14 heavy (non-hydrogen) atoms. The fourth-order valence-electron chi connectivity index (χ4n) is 2.74. The number of rotatable bonds is 5. The highest BCUT2D eigenvalue weighted by atomic mass is 15.1. The van der Waals surface area contributed by atoms with Crippen LogP contribution in [0.2, 0.25) is 0 Å². The minimum absolute atomic E-state index is 0.702. The van der Waals surface area contributed by atoms with Gasteiger partial charge in [0, 0.05) is 12.6 Å². The van der Waals surface area contributed by atoms with Gasteiger partial charge in [0.2, 0.25) is 0 Å². The van der Waals surface area contributed by atoms with E-state index in [0.29, 0.717) is 6.04 Å². The normalized spacial score (nSPS) is 21.6. The van der Waals surface area contributed by atoms with Crippen molar-refractivity contribution in [2.24, 2.45) is 11.3 Å². The Balaban J connectivity index is 2.27. The summed E-state index contributed by atoms with van der Waals surface area (Å²) in [5.41, 5.74) is 0.725. The van der Waals surface area contributed by atoms with Crippen LogP contribution in [-0.2, 0) is 0 Å². The maximum Gasteiger partial charge on any atom is 0.00356 e. The third kappa shape index (κ3) is 2.50. The van der Waals surface area contributed by atoms with Crippen molar-refractivity contribution >= 4 is 0 Å². The second-order valence-electron chi connectivity index (χ2n) is 5.51. The third-order valence-electron chi connectivity index (χ3n) is 4.37. The summed E-state index contributed by atoms with van der Waals surface area (Å²) >= 11 is 0. The van der Waals surface area contributed by atoms with Crippen molar-refractivity contribution in [1.82, 2.24) is 4.90 Å². The molecule has 1 aliphatic rings. The lowest BCUT2D eigenvalue weighted by Crippen LogP contribution is -2.43. The Kier molecular flexibility index (Phi) is 4.00. The van der Waals surface area contributed by atoms with Gasteiger partial charge in [-0.25, -0.2) is 0 Å². The fourth-order valence-corrected chi connectivity index (χ4v) is 2.74. The van der Waals surface area contributed by atoms with Crippen LogP contribution in [0, 0.1) is 11.3 Å². The van der Waals surface area contributed by atoms with Crippen molar-refractivity contribution in [2.45, 2.75) is 59.4 Å². The van der Waals surface area contributed by atoms with Gasteiger partial charge in [-0.15, -0.1) is 0 Å². The van der Waals surface area contributed by atoms with E-state index in [1.165, 1.54) is 32.2 Å². The van der Waals surface area contributed by atoms with E-state index in [0.717, 1.165) is 11.3 Å². The quantitative estimate of drug-likeness (QED) is 0.651. The Morgan fingerprint density at radius 3 is 2.07 bits per heavy atom. The van der Waals surface area contributed by atoms with Gasteiger partial charge in [0.15, 0.2) is 0 Å². The molecule has 0 N–H and O–H groups in total. The number of hydrogen-bond donors (Lipinski definition) is 0. The second kappa shape index (κ2) is 4.65. The summed E-state index contributed by atoms with van der Waals surface area (Å²) < 4.78 is 0. The lowest BCUT2D eigenvalue weighted by Gasteiger charge is -2.49. The van der Waals surface area contributed by atoms with Crippen molar-refractivity contribution in [3.63, 3.8) is 0 Å². The first kappa shape index (κ1) is 12.0. The molecule has 0 aromatic rings. The van der Waals surface area contributed by atoms with Gasteiger partial charge < -0.3 is 4.90 Å². The maximum absolute atomic E-state index is 2.49. The molecular formula is C13H27N. The zero-order valence-electron chi connectivity index (χ0n) is 10.6. The highest BCUT2D eigenvalue weighted by Crippen LogP contribution is 2.50. The summed E-state index contributed by atoms with van der Waals surface area (Å²) in [4.78, 5) is 2.49. The molecule has 1 nitrogen and oxygen atoms in total. The topological polar surface area (TPSA) is 3.24 Å². The van der Waals surface area contributed by atoms with Crippen LogP contribution in [0.4, 0.5) is 0 Å². The Morgan fingerprint density at radius 1 is 1.21 bits per heavy atom. The molecule has 0 aromatic carbocycles. The van der Waals surface area contributed by atoms with Crippen LogP contribution in [-0.4, -0.2) is 24.5 Å². The zero-order chi connectivity index (χ0) is 10.8. The predicted molar refractivity (Wildman–Crippen MR) is 63.5 cm³/mol. The van der Waals surface area contributed by atoms with E-state index < -0.39 is 0 Å². The Labute approximate surface area is 89.9 Å². The summed E-state index contributed by atoms with van der Waals surface area (Å²) in [6, 6.07) is 0.702. The van der Waals surface area contributed by atoms with Gasteiger partial charge in [-0.05, 0) is 45.1 Å². The van der Waals surface area contributed by atoms with Crippen LogP contribution in [0.25, 0.3) is 0 Å². The minimum Gasteiger partial charge on any atom is -0.304 e. The SMILES string of the molecule is CCC1(CC)CC(CN(C)C(C)C)C1. The summed E-state index contributed by atoms with van der Waals surface area (Å²) in [5, 5.41) is 0. The molecule has 0 spiro atoms. The van der Waals surface area contributed by atoms with Crippen molar-refractivity contribution in [1.29, 1.82) is 0 Å². The fraction of sp³-hybridized carbons (Fsp3) is 1.00. The van der Waals surface area contributed by atoms with Crippen molar-refractivity contribution in [2.75, 3.05) is 13.6 Å². The molecule has 0 heterocycles. The Bertz CT molecular complexity index is 159. The van der Waals surface area contributed by atoms with Crippen LogP contribution in [0.15, 0.2) is 0 Å². The van der Waals surface area contributed by atoms with Gasteiger partial charge in [0.1, 0.15) is 0 Å². The van der Waals surface area contributed by atoms with E-state index in [1.54, 1.807) is 0 Å². The van der Waals surface area contributed by atoms with Crippen LogP contribution >= 0.6 is 0 Å². The smallest absolute Gasteiger partial charge is 0.00356 e. The number of nitrogens with zero attached hydrogens (tertiary/aromatic N) is 1. The third-order valence-corrected chi connectivity index (χ3v) is 4.37. The second-order valence-corrected chi connectivity index (χ2v) is 5.51. The van der Waals surface area contributed by atoms with E-state index >= 15 is 0 Å². The van der Waals surface area contributed by atoms with Gasteiger partial charge in [-0.1, -0.05) is 26.7 Å². The van der Waals surface area contributed by atoms with Crippen LogP contribution in [0.5, 0.6) is 0 Å². The molecule has 0 unspecified atom stereocenters.